The molecule has 1 aromatic carbocycles. The molecule has 122 valence electrons. The summed E-state index contributed by atoms with van der Waals surface area (Å²) in [4.78, 5) is 12.0. The molecule has 2 rings (SSSR count). The summed E-state index contributed by atoms with van der Waals surface area (Å²) in [5.74, 6) is 1.76. The summed E-state index contributed by atoms with van der Waals surface area (Å²) in [6.45, 7) is 2.40. The van der Waals surface area contributed by atoms with Crippen LogP contribution in [-0.4, -0.2) is 31.7 Å². The Labute approximate surface area is 132 Å². The topological polar surface area (TPSA) is 73.6 Å². The number of nitrogens with one attached hydrogen (secondary N) is 1. The number of rotatable bonds is 7. The van der Waals surface area contributed by atoms with Crippen molar-refractivity contribution in [1.29, 1.82) is 0 Å². The van der Waals surface area contributed by atoms with Crippen LogP contribution in [0.25, 0.3) is 0 Å². The van der Waals surface area contributed by atoms with Gasteiger partial charge in [0.1, 0.15) is 6.10 Å². The molecule has 0 spiro atoms. The number of ether oxygens (including phenoxy) is 2. The van der Waals surface area contributed by atoms with E-state index in [1.165, 1.54) is 0 Å². The van der Waals surface area contributed by atoms with Crippen molar-refractivity contribution in [2.24, 2.45) is 11.7 Å². The average Bonchev–Trinajstić information content (AvgIpc) is 2.91. The van der Waals surface area contributed by atoms with Gasteiger partial charge in [-0.15, -0.1) is 0 Å². The maximum absolute atomic E-state index is 12.0. The third kappa shape index (κ3) is 4.63. The van der Waals surface area contributed by atoms with Crippen molar-refractivity contribution in [2.45, 2.75) is 44.8 Å². The molecule has 1 saturated carbocycles. The summed E-state index contributed by atoms with van der Waals surface area (Å²) < 4.78 is 11.1. The first-order valence-electron chi connectivity index (χ1n) is 7.92. The zero-order chi connectivity index (χ0) is 15.9. The quantitative estimate of drug-likeness (QED) is 0.809. The van der Waals surface area contributed by atoms with Gasteiger partial charge in [-0.2, -0.15) is 0 Å². The molecular formula is C17H26N2O3. The van der Waals surface area contributed by atoms with Gasteiger partial charge in [0.05, 0.1) is 13.7 Å². The number of nitrogens with two attached hydrogens (primary N) is 1. The highest BCUT2D eigenvalue weighted by molar-refractivity contribution is 5.76. The SMILES string of the molecule is COc1ccccc1OC(C)CNC(=O)C[C@@H]1CCC[C@H]1N. The number of methoxy groups -OCH3 is 1. The Balaban J connectivity index is 1.75. The second kappa shape index (κ2) is 8.03. The molecule has 1 fully saturated rings. The van der Waals surface area contributed by atoms with E-state index >= 15 is 0 Å². The first kappa shape index (κ1) is 16.6. The molecule has 0 aliphatic heterocycles. The smallest absolute Gasteiger partial charge is 0.220 e. The van der Waals surface area contributed by atoms with E-state index in [2.05, 4.69) is 5.32 Å². The van der Waals surface area contributed by atoms with Gasteiger partial charge in [0.2, 0.25) is 5.91 Å². The lowest BCUT2D eigenvalue weighted by atomic mass is 10.00. The summed E-state index contributed by atoms with van der Waals surface area (Å²) in [7, 11) is 1.61. The van der Waals surface area contributed by atoms with Crippen molar-refractivity contribution in [2.75, 3.05) is 13.7 Å². The van der Waals surface area contributed by atoms with Crippen molar-refractivity contribution in [3.63, 3.8) is 0 Å². The molecule has 1 amide bonds. The van der Waals surface area contributed by atoms with Crippen LogP contribution in [0.15, 0.2) is 24.3 Å². The van der Waals surface area contributed by atoms with E-state index in [0.29, 0.717) is 30.4 Å². The maximum Gasteiger partial charge on any atom is 0.220 e. The Kier molecular flexibility index (Phi) is 6.07. The van der Waals surface area contributed by atoms with Crippen molar-refractivity contribution in [3.05, 3.63) is 24.3 Å². The summed E-state index contributed by atoms with van der Waals surface area (Å²) >= 11 is 0. The van der Waals surface area contributed by atoms with Crippen LogP contribution in [0.2, 0.25) is 0 Å². The van der Waals surface area contributed by atoms with E-state index in [0.717, 1.165) is 19.3 Å². The minimum Gasteiger partial charge on any atom is -0.493 e. The van der Waals surface area contributed by atoms with Gasteiger partial charge in [-0.25, -0.2) is 0 Å². The van der Waals surface area contributed by atoms with Gasteiger partial charge >= 0.3 is 0 Å². The minimum absolute atomic E-state index is 0.0535. The molecule has 3 atom stereocenters. The van der Waals surface area contributed by atoms with E-state index < -0.39 is 0 Å². The fourth-order valence-corrected chi connectivity index (χ4v) is 2.86. The minimum atomic E-state index is -0.127. The first-order valence-corrected chi connectivity index (χ1v) is 7.92. The summed E-state index contributed by atoms with van der Waals surface area (Å²) in [5.41, 5.74) is 6.00. The van der Waals surface area contributed by atoms with Crippen molar-refractivity contribution in [3.8, 4) is 11.5 Å². The van der Waals surface area contributed by atoms with E-state index in [9.17, 15) is 4.79 Å². The lowest BCUT2D eigenvalue weighted by molar-refractivity contribution is -0.122. The van der Waals surface area contributed by atoms with E-state index in [1.807, 2.05) is 31.2 Å². The summed E-state index contributed by atoms with van der Waals surface area (Å²) in [6, 6.07) is 7.66. The van der Waals surface area contributed by atoms with Crippen LogP contribution >= 0.6 is 0 Å². The molecule has 1 unspecified atom stereocenters. The largest absolute Gasteiger partial charge is 0.493 e. The number of amides is 1. The third-order valence-electron chi connectivity index (χ3n) is 4.15. The van der Waals surface area contributed by atoms with Gasteiger partial charge in [0, 0.05) is 12.5 Å². The van der Waals surface area contributed by atoms with Gasteiger partial charge in [0.25, 0.3) is 0 Å². The molecule has 0 radical (unpaired) electrons. The van der Waals surface area contributed by atoms with Crippen LogP contribution < -0.4 is 20.5 Å². The Morgan fingerprint density at radius 3 is 2.73 bits per heavy atom. The number of carbonyl (C=O) groups excluding carboxylic acids is 1. The van der Waals surface area contributed by atoms with Crippen molar-refractivity contribution in [1.82, 2.24) is 5.32 Å². The van der Waals surface area contributed by atoms with Crippen LogP contribution in [0.5, 0.6) is 11.5 Å². The standard InChI is InChI=1S/C17H26N2O3/c1-12(22-16-9-4-3-8-15(16)21-2)11-19-17(20)10-13-6-5-7-14(13)18/h3-4,8-9,12-14H,5-7,10-11,18H2,1-2H3,(H,19,20)/t12?,13-,14+/m0/s1. The highest BCUT2D eigenvalue weighted by Gasteiger charge is 2.26. The molecular weight excluding hydrogens is 280 g/mol. The molecule has 0 bridgehead atoms. The molecule has 22 heavy (non-hydrogen) atoms. The van der Waals surface area contributed by atoms with Gasteiger partial charge in [0.15, 0.2) is 11.5 Å². The zero-order valence-corrected chi connectivity index (χ0v) is 13.4. The summed E-state index contributed by atoms with van der Waals surface area (Å²) in [5, 5.41) is 2.93. The molecule has 0 saturated heterocycles. The number of benzene rings is 1. The number of carbonyl (C=O) groups is 1. The lowest BCUT2D eigenvalue weighted by Crippen LogP contribution is -2.36. The third-order valence-corrected chi connectivity index (χ3v) is 4.15. The van der Waals surface area contributed by atoms with Crippen molar-refractivity contribution >= 4 is 5.91 Å². The van der Waals surface area contributed by atoms with Crippen LogP contribution in [0.1, 0.15) is 32.6 Å². The maximum atomic E-state index is 12.0. The van der Waals surface area contributed by atoms with E-state index in [-0.39, 0.29) is 18.1 Å². The van der Waals surface area contributed by atoms with Gasteiger partial charge in [-0.1, -0.05) is 18.6 Å². The van der Waals surface area contributed by atoms with Gasteiger partial charge < -0.3 is 20.5 Å². The molecule has 5 nitrogen and oxygen atoms in total. The number of para-hydroxylation sites is 2. The van der Waals surface area contributed by atoms with Crippen LogP contribution in [0.3, 0.4) is 0 Å². The Bertz CT molecular complexity index is 493. The molecule has 5 heteroatoms. The monoisotopic (exact) mass is 306 g/mol. The van der Waals surface area contributed by atoms with Crippen molar-refractivity contribution < 1.29 is 14.3 Å². The van der Waals surface area contributed by atoms with Gasteiger partial charge in [-0.05, 0) is 37.8 Å². The molecule has 1 aromatic rings. The Hall–Kier alpha value is -1.75. The van der Waals surface area contributed by atoms with Crippen LogP contribution in [0.4, 0.5) is 0 Å². The molecule has 3 N–H and O–H groups in total. The normalized spacial score (nSPS) is 22.1. The zero-order valence-electron chi connectivity index (χ0n) is 13.4. The fraction of sp³-hybridized carbons (Fsp3) is 0.588. The second-order valence-electron chi connectivity index (χ2n) is 5.94. The van der Waals surface area contributed by atoms with Gasteiger partial charge in [-0.3, -0.25) is 4.79 Å². The molecule has 1 aliphatic rings. The Morgan fingerprint density at radius 1 is 1.36 bits per heavy atom. The average molecular weight is 306 g/mol. The molecule has 1 aliphatic carbocycles. The highest BCUT2D eigenvalue weighted by Crippen LogP contribution is 2.27. The van der Waals surface area contributed by atoms with E-state index in [4.69, 9.17) is 15.2 Å². The molecule has 0 aromatic heterocycles. The fourth-order valence-electron chi connectivity index (χ4n) is 2.86. The number of hydrogen-bond donors (Lipinski definition) is 2. The predicted octanol–water partition coefficient (Wildman–Crippen LogP) is 2.10. The second-order valence-corrected chi connectivity index (χ2v) is 5.94. The Morgan fingerprint density at radius 2 is 2.09 bits per heavy atom. The molecule has 0 heterocycles. The number of hydrogen-bond acceptors (Lipinski definition) is 4. The first-order chi connectivity index (χ1) is 10.6. The lowest BCUT2D eigenvalue weighted by Gasteiger charge is -2.19. The van der Waals surface area contributed by atoms with Crippen LogP contribution in [0, 0.1) is 5.92 Å². The van der Waals surface area contributed by atoms with E-state index in [1.54, 1.807) is 7.11 Å². The predicted molar refractivity (Wildman–Crippen MR) is 86.0 cm³/mol. The van der Waals surface area contributed by atoms with Crippen LogP contribution in [-0.2, 0) is 4.79 Å². The highest BCUT2D eigenvalue weighted by atomic mass is 16.5. The summed E-state index contributed by atoms with van der Waals surface area (Å²) in [6.07, 6.45) is 3.61.